The first-order valence-corrected chi connectivity index (χ1v) is 8.10. The van der Waals surface area contributed by atoms with E-state index in [9.17, 15) is 9.18 Å². The van der Waals surface area contributed by atoms with E-state index in [1.807, 2.05) is 6.92 Å². The second-order valence-corrected chi connectivity index (χ2v) is 5.99. The Bertz CT molecular complexity index is 698. The van der Waals surface area contributed by atoms with E-state index in [1.165, 1.54) is 12.5 Å². The SMILES string of the molecule is CC(NC(=O)Cc1ccccc1F)c1nnc2n1CCCCC2. The van der Waals surface area contributed by atoms with Crippen LogP contribution in [0.4, 0.5) is 4.39 Å². The van der Waals surface area contributed by atoms with E-state index < -0.39 is 0 Å². The van der Waals surface area contributed by atoms with Crippen molar-refractivity contribution >= 4 is 5.91 Å². The Kier molecular flexibility index (Phi) is 4.69. The van der Waals surface area contributed by atoms with Crippen LogP contribution in [-0.4, -0.2) is 20.7 Å². The first kappa shape index (κ1) is 15.6. The third-order valence-electron chi connectivity index (χ3n) is 4.21. The molecule has 1 N–H and O–H groups in total. The van der Waals surface area contributed by atoms with Crippen molar-refractivity contribution in [3.63, 3.8) is 0 Å². The highest BCUT2D eigenvalue weighted by atomic mass is 19.1. The maximum absolute atomic E-state index is 13.6. The summed E-state index contributed by atoms with van der Waals surface area (Å²) >= 11 is 0. The topological polar surface area (TPSA) is 59.8 Å². The Morgan fingerprint density at radius 1 is 1.30 bits per heavy atom. The van der Waals surface area contributed by atoms with Crippen LogP contribution in [0.15, 0.2) is 24.3 Å². The second-order valence-electron chi connectivity index (χ2n) is 5.99. The van der Waals surface area contributed by atoms with E-state index in [2.05, 4.69) is 20.1 Å². The maximum Gasteiger partial charge on any atom is 0.225 e. The minimum absolute atomic E-state index is 0.0258. The molecule has 1 unspecified atom stereocenters. The van der Waals surface area contributed by atoms with Gasteiger partial charge in [0.2, 0.25) is 5.91 Å². The van der Waals surface area contributed by atoms with Crippen molar-refractivity contribution in [3.8, 4) is 0 Å². The van der Waals surface area contributed by atoms with Gasteiger partial charge in [-0.1, -0.05) is 24.6 Å². The van der Waals surface area contributed by atoms with Gasteiger partial charge >= 0.3 is 0 Å². The minimum atomic E-state index is -0.355. The molecule has 3 rings (SSSR count). The monoisotopic (exact) mass is 316 g/mol. The smallest absolute Gasteiger partial charge is 0.225 e. The Balaban J connectivity index is 1.67. The molecule has 23 heavy (non-hydrogen) atoms. The van der Waals surface area contributed by atoms with Gasteiger partial charge in [0.05, 0.1) is 12.5 Å². The number of fused-ring (bicyclic) bond motifs is 1. The van der Waals surface area contributed by atoms with Crippen LogP contribution in [0.3, 0.4) is 0 Å². The van der Waals surface area contributed by atoms with Crippen molar-refractivity contribution in [2.24, 2.45) is 0 Å². The van der Waals surface area contributed by atoms with Gasteiger partial charge in [-0.15, -0.1) is 10.2 Å². The number of carbonyl (C=O) groups is 1. The van der Waals surface area contributed by atoms with Gasteiger partial charge in [0, 0.05) is 13.0 Å². The summed E-state index contributed by atoms with van der Waals surface area (Å²) < 4.78 is 15.7. The van der Waals surface area contributed by atoms with Crippen LogP contribution in [0.1, 0.15) is 49.4 Å². The van der Waals surface area contributed by atoms with Crippen molar-refractivity contribution in [2.45, 2.75) is 51.6 Å². The van der Waals surface area contributed by atoms with Gasteiger partial charge < -0.3 is 9.88 Å². The number of amides is 1. The molecule has 1 atom stereocenters. The van der Waals surface area contributed by atoms with E-state index in [-0.39, 0.29) is 24.2 Å². The van der Waals surface area contributed by atoms with Gasteiger partial charge in [0.1, 0.15) is 11.6 Å². The maximum atomic E-state index is 13.6. The molecule has 0 fully saturated rings. The number of carbonyl (C=O) groups excluding carboxylic acids is 1. The molecule has 0 saturated heterocycles. The van der Waals surface area contributed by atoms with Crippen molar-refractivity contribution in [1.82, 2.24) is 20.1 Å². The number of aromatic nitrogens is 3. The van der Waals surface area contributed by atoms with Crippen LogP contribution in [0.25, 0.3) is 0 Å². The third kappa shape index (κ3) is 3.57. The number of nitrogens with zero attached hydrogens (tertiary/aromatic N) is 3. The zero-order chi connectivity index (χ0) is 16.2. The van der Waals surface area contributed by atoms with Crippen molar-refractivity contribution in [2.75, 3.05) is 0 Å². The number of hydrogen-bond acceptors (Lipinski definition) is 3. The fourth-order valence-electron chi connectivity index (χ4n) is 3.00. The van der Waals surface area contributed by atoms with Crippen LogP contribution in [0, 0.1) is 5.82 Å². The number of benzene rings is 1. The lowest BCUT2D eigenvalue weighted by Gasteiger charge is -2.15. The van der Waals surface area contributed by atoms with E-state index in [4.69, 9.17) is 0 Å². The molecule has 1 aromatic heterocycles. The molecule has 6 heteroatoms. The lowest BCUT2D eigenvalue weighted by molar-refractivity contribution is -0.121. The van der Waals surface area contributed by atoms with Gasteiger partial charge in [-0.25, -0.2) is 4.39 Å². The van der Waals surface area contributed by atoms with Gasteiger partial charge in [-0.2, -0.15) is 0 Å². The van der Waals surface area contributed by atoms with E-state index in [1.54, 1.807) is 18.2 Å². The molecule has 1 amide bonds. The number of nitrogens with one attached hydrogen (secondary N) is 1. The first-order chi connectivity index (χ1) is 11.1. The lowest BCUT2D eigenvalue weighted by Crippen LogP contribution is -2.30. The molecule has 122 valence electrons. The summed E-state index contributed by atoms with van der Waals surface area (Å²) in [6.45, 7) is 2.78. The quantitative estimate of drug-likeness (QED) is 0.943. The van der Waals surface area contributed by atoms with Crippen molar-refractivity contribution in [1.29, 1.82) is 0 Å². The minimum Gasteiger partial charge on any atom is -0.346 e. The fourth-order valence-corrected chi connectivity index (χ4v) is 3.00. The van der Waals surface area contributed by atoms with Gasteiger partial charge in [-0.05, 0) is 31.4 Å². The molecule has 2 aromatic rings. The summed E-state index contributed by atoms with van der Waals surface area (Å²) in [5.41, 5.74) is 0.400. The molecule has 0 aliphatic carbocycles. The molecule has 1 aromatic carbocycles. The molecule has 2 heterocycles. The fraction of sp³-hybridized carbons (Fsp3) is 0.471. The standard InChI is InChI=1S/C17H21FN4O/c1-12(17-21-20-15-9-3-2-6-10-22(15)17)19-16(23)11-13-7-4-5-8-14(13)18/h4-5,7-8,12H,2-3,6,9-11H2,1H3,(H,19,23). The molecular weight excluding hydrogens is 295 g/mol. The zero-order valence-corrected chi connectivity index (χ0v) is 13.3. The molecule has 1 aliphatic rings. The van der Waals surface area contributed by atoms with Crippen LogP contribution < -0.4 is 5.32 Å². The average molecular weight is 316 g/mol. The van der Waals surface area contributed by atoms with Crippen LogP contribution in [0.5, 0.6) is 0 Å². The largest absolute Gasteiger partial charge is 0.346 e. The Labute approximate surface area is 134 Å². The van der Waals surface area contributed by atoms with Crippen LogP contribution >= 0.6 is 0 Å². The highest BCUT2D eigenvalue weighted by Gasteiger charge is 2.20. The van der Waals surface area contributed by atoms with E-state index >= 15 is 0 Å². The average Bonchev–Trinajstić information content (AvgIpc) is 2.79. The second kappa shape index (κ2) is 6.89. The normalized spacial score (nSPS) is 15.6. The number of hydrogen-bond donors (Lipinski definition) is 1. The van der Waals surface area contributed by atoms with E-state index in [0.29, 0.717) is 5.56 Å². The highest BCUT2D eigenvalue weighted by Crippen LogP contribution is 2.18. The summed E-state index contributed by atoms with van der Waals surface area (Å²) in [6, 6.07) is 6.10. The summed E-state index contributed by atoms with van der Waals surface area (Å²) in [5, 5.41) is 11.4. The van der Waals surface area contributed by atoms with Crippen LogP contribution in [-0.2, 0) is 24.2 Å². The molecule has 0 saturated carbocycles. The third-order valence-corrected chi connectivity index (χ3v) is 4.21. The van der Waals surface area contributed by atoms with E-state index in [0.717, 1.165) is 37.5 Å². The zero-order valence-electron chi connectivity index (χ0n) is 13.3. The lowest BCUT2D eigenvalue weighted by atomic mass is 10.1. The number of aryl methyl sites for hydroxylation is 1. The predicted molar refractivity (Wildman–Crippen MR) is 84.2 cm³/mol. The Morgan fingerprint density at radius 2 is 2.13 bits per heavy atom. The molecule has 5 nitrogen and oxygen atoms in total. The van der Waals surface area contributed by atoms with Gasteiger partial charge in [0.15, 0.2) is 5.82 Å². The number of halogens is 1. The summed E-state index contributed by atoms with van der Waals surface area (Å²) in [6.07, 6.45) is 4.39. The Morgan fingerprint density at radius 3 is 2.96 bits per heavy atom. The molecular formula is C17H21FN4O. The van der Waals surface area contributed by atoms with Crippen molar-refractivity contribution < 1.29 is 9.18 Å². The first-order valence-electron chi connectivity index (χ1n) is 8.10. The number of rotatable bonds is 4. The summed E-state index contributed by atoms with van der Waals surface area (Å²) in [5.74, 6) is 1.21. The predicted octanol–water partition coefficient (Wildman–Crippen LogP) is 2.56. The van der Waals surface area contributed by atoms with Gasteiger partial charge in [-0.3, -0.25) is 4.79 Å². The molecule has 1 aliphatic heterocycles. The molecule has 0 bridgehead atoms. The molecule has 0 radical (unpaired) electrons. The van der Waals surface area contributed by atoms with Crippen molar-refractivity contribution in [3.05, 3.63) is 47.3 Å². The summed E-state index contributed by atoms with van der Waals surface area (Å²) in [7, 11) is 0. The van der Waals surface area contributed by atoms with Gasteiger partial charge in [0.25, 0.3) is 0 Å². The molecule has 0 spiro atoms. The van der Waals surface area contributed by atoms with Crippen LogP contribution in [0.2, 0.25) is 0 Å². The summed E-state index contributed by atoms with van der Waals surface area (Å²) in [4.78, 5) is 12.2. The Hall–Kier alpha value is -2.24. The highest BCUT2D eigenvalue weighted by molar-refractivity contribution is 5.78.